The Morgan fingerprint density at radius 2 is 1.12 bits per heavy atom. The Labute approximate surface area is 138 Å². The summed E-state index contributed by atoms with van der Waals surface area (Å²) in [6.07, 6.45) is 0. The average Bonchev–Trinajstić information content (AvgIpc) is 0.811. The normalized spacial score (nSPS) is 3.38. The smallest absolute Gasteiger partial charge is 1.00 e. The molecule has 0 aromatic rings. The third-order valence-electron chi connectivity index (χ3n) is 0. The van der Waals surface area contributed by atoms with Crippen molar-refractivity contribution < 1.29 is 96.1 Å². The van der Waals surface area contributed by atoms with Gasteiger partial charge in [-0.1, -0.05) is 0 Å². The predicted molar refractivity (Wildman–Crippen MR) is 24.0 cm³/mol. The molecule has 0 aromatic carbocycles. The van der Waals surface area contributed by atoms with Crippen LogP contribution in [0.2, 0.25) is 0 Å². The molecule has 1 radical (unpaired) electrons. The SMILES string of the molecule is O.OB(O)O.[Ca+2].[Gd].[H-].[H-].[Y]. The molecule has 0 amide bonds. The summed E-state index contributed by atoms with van der Waals surface area (Å²) < 4.78 is 0. The second kappa shape index (κ2) is 22.4. The molecule has 0 aliphatic heterocycles. The first-order chi connectivity index (χ1) is 1.73. The minimum atomic E-state index is -2.17. The van der Waals surface area contributed by atoms with Crippen molar-refractivity contribution in [3.8, 4) is 0 Å². The van der Waals surface area contributed by atoms with Gasteiger partial charge in [-0.05, 0) is 0 Å². The summed E-state index contributed by atoms with van der Waals surface area (Å²) in [6.45, 7) is 0. The van der Waals surface area contributed by atoms with E-state index in [0.717, 1.165) is 0 Å². The second-order valence-electron chi connectivity index (χ2n) is 0.346. The topological polar surface area (TPSA) is 92.2 Å². The van der Waals surface area contributed by atoms with Gasteiger partial charge in [0.1, 0.15) is 0 Å². The molecule has 0 saturated heterocycles. The fourth-order valence-electron chi connectivity index (χ4n) is 0. The Balaban J connectivity index is -0.00000000300. The van der Waals surface area contributed by atoms with Crippen LogP contribution >= 0.6 is 0 Å². The average molecular weight is 368 g/mol. The first-order valence-corrected chi connectivity index (χ1v) is 0.775. The molecule has 5 N–H and O–H groups in total. The first kappa shape index (κ1) is 29.9. The number of rotatable bonds is 0. The Hall–Kier alpha value is 3.59. The standard InChI is InChI=1S/BH3O3.Ca.Gd.H2O.Y.2H/c2-1(3)4;;;;;;/h2-4H;;;1H2;;;/q;+2;;;;2*-1. The van der Waals surface area contributed by atoms with Gasteiger partial charge in [0.05, 0.1) is 0 Å². The molecule has 0 fully saturated rings. The Morgan fingerprint density at radius 1 is 1.12 bits per heavy atom. The van der Waals surface area contributed by atoms with Gasteiger partial charge in [-0.2, -0.15) is 0 Å². The van der Waals surface area contributed by atoms with Gasteiger partial charge in [-0.15, -0.1) is 0 Å². The van der Waals surface area contributed by atoms with E-state index in [2.05, 4.69) is 0 Å². The monoisotopic (exact) mass is 369 g/mol. The molecule has 0 heterocycles. The van der Waals surface area contributed by atoms with Crippen LogP contribution in [0.1, 0.15) is 2.85 Å². The minimum Gasteiger partial charge on any atom is -1.00 e. The van der Waals surface area contributed by atoms with Crippen molar-refractivity contribution in [2.75, 3.05) is 0 Å². The van der Waals surface area contributed by atoms with Crippen LogP contribution < -0.4 is 0 Å². The molecular weight excluding hydrogens is 361 g/mol. The van der Waals surface area contributed by atoms with Crippen molar-refractivity contribution in [1.29, 1.82) is 0 Å². The van der Waals surface area contributed by atoms with Crippen LogP contribution in [0.5, 0.6) is 0 Å². The third kappa shape index (κ3) is 54.9. The summed E-state index contributed by atoms with van der Waals surface area (Å²) in [5, 5.41) is 21.5. The zero-order valence-corrected chi connectivity index (χ0v) is 11.4. The molecule has 0 rings (SSSR count). The molecule has 0 atom stereocenters. The fraction of sp³-hybridized carbons (Fsp3) is 0. The van der Waals surface area contributed by atoms with Crippen molar-refractivity contribution in [2.45, 2.75) is 0 Å². The molecule has 0 saturated carbocycles. The molecule has 0 unspecified atom stereocenters. The van der Waals surface area contributed by atoms with Gasteiger partial charge in [0.2, 0.25) is 0 Å². The molecule has 47 valence electrons. The van der Waals surface area contributed by atoms with Crippen LogP contribution in [-0.4, -0.2) is 65.6 Å². The second-order valence-corrected chi connectivity index (χ2v) is 0.346. The zero-order valence-electron chi connectivity index (χ0n) is 6.06. The van der Waals surface area contributed by atoms with E-state index in [1.54, 1.807) is 0 Å². The molecule has 8 heavy (non-hydrogen) atoms. The Bertz CT molecular complexity index is 28.0. The van der Waals surface area contributed by atoms with Crippen molar-refractivity contribution in [1.82, 2.24) is 0 Å². The molecule has 0 bridgehead atoms. The van der Waals surface area contributed by atoms with E-state index in [1.807, 2.05) is 0 Å². The van der Waals surface area contributed by atoms with Gasteiger partial charge in [0, 0.05) is 72.6 Å². The maximum Gasteiger partial charge on any atom is 2.00 e. The molecular formula is H7BCaGdO4Y. The summed E-state index contributed by atoms with van der Waals surface area (Å²) in [4.78, 5) is 0. The van der Waals surface area contributed by atoms with E-state index < -0.39 is 7.32 Å². The molecule has 4 nitrogen and oxygen atoms in total. The van der Waals surface area contributed by atoms with E-state index in [-0.39, 0.29) is 119 Å². The van der Waals surface area contributed by atoms with Crippen LogP contribution in [-0.2, 0) is 32.7 Å². The van der Waals surface area contributed by atoms with Crippen LogP contribution in [0.25, 0.3) is 0 Å². The molecule has 0 aliphatic carbocycles. The van der Waals surface area contributed by atoms with Gasteiger partial charge in [0.15, 0.2) is 0 Å². The van der Waals surface area contributed by atoms with Crippen LogP contribution in [0, 0.1) is 39.9 Å². The van der Waals surface area contributed by atoms with Crippen molar-refractivity contribution >= 4 is 45.1 Å². The largest absolute Gasteiger partial charge is 2.00 e. The summed E-state index contributed by atoms with van der Waals surface area (Å²) in [6, 6.07) is 0. The summed E-state index contributed by atoms with van der Waals surface area (Å²) in [7, 11) is -2.17. The van der Waals surface area contributed by atoms with Crippen molar-refractivity contribution in [2.24, 2.45) is 0 Å². The maximum atomic E-state index is 7.17. The minimum absolute atomic E-state index is 0. The zero-order chi connectivity index (χ0) is 3.58. The van der Waals surface area contributed by atoms with Gasteiger partial charge < -0.3 is 23.4 Å². The summed E-state index contributed by atoms with van der Waals surface area (Å²) in [5.74, 6) is 0. The third-order valence-corrected chi connectivity index (χ3v) is 0. The quantitative estimate of drug-likeness (QED) is 0.397. The molecule has 8 heteroatoms. The van der Waals surface area contributed by atoms with Crippen molar-refractivity contribution in [3.05, 3.63) is 0 Å². The van der Waals surface area contributed by atoms with E-state index in [4.69, 9.17) is 15.1 Å². The van der Waals surface area contributed by atoms with Gasteiger partial charge in [0.25, 0.3) is 0 Å². The van der Waals surface area contributed by atoms with Gasteiger partial charge in [-0.25, -0.2) is 0 Å². The van der Waals surface area contributed by atoms with Crippen LogP contribution in [0.4, 0.5) is 0 Å². The Morgan fingerprint density at radius 3 is 1.12 bits per heavy atom. The van der Waals surface area contributed by atoms with E-state index in [1.165, 1.54) is 0 Å². The van der Waals surface area contributed by atoms with Crippen LogP contribution in [0.15, 0.2) is 0 Å². The summed E-state index contributed by atoms with van der Waals surface area (Å²) in [5.41, 5.74) is 0. The van der Waals surface area contributed by atoms with E-state index >= 15 is 0 Å². The predicted octanol–water partition coefficient (Wildman–Crippen LogP) is -3.03. The molecule has 0 aliphatic rings. The number of hydrogen-bond donors (Lipinski definition) is 3. The maximum absolute atomic E-state index is 7.17. The summed E-state index contributed by atoms with van der Waals surface area (Å²) >= 11 is 0. The Kier molecular flexibility index (Phi) is 83.9. The van der Waals surface area contributed by atoms with Gasteiger partial charge in [-0.3, -0.25) is 0 Å². The van der Waals surface area contributed by atoms with Crippen LogP contribution in [0.3, 0.4) is 0 Å². The van der Waals surface area contributed by atoms with Crippen molar-refractivity contribution in [3.63, 3.8) is 0 Å². The van der Waals surface area contributed by atoms with E-state index in [9.17, 15) is 0 Å². The number of hydrogen-bond acceptors (Lipinski definition) is 3. The fourth-order valence-corrected chi connectivity index (χ4v) is 0. The molecule has 0 aromatic heterocycles. The molecule has 0 spiro atoms. The first-order valence-electron chi connectivity index (χ1n) is 0.775. The van der Waals surface area contributed by atoms with Gasteiger partial charge >= 0.3 is 45.1 Å². The van der Waals surface area contributed by atoms with E-state index in [0.29, 0.717) is 0 Å².